The molecule has 0 heterocycles. The summed E-state index contributed by atoms with van der Waals surface area (Å²) in [5.41, 5.74) is 0.712. The summed E-state index contributed by atoms with van der Waals surface area (Å²) in [6.07, 6.45) is 1.26. The van der Waals surface area contributed by atoms with Gasteiger partial charge in [0.25, 0.3) is 5.91 Å². The molecule has 30 heavy (non-hydrogen) atoms. The Morgan fingerprint density at radius 1 is 1.07 bits per heavy atom. The number of nitrogens with zero attached hydrogens (tertiary/aromatic N) is 1. The van der Waals surface area contributed by atoms with Gasteiger partial charge in [-0.2, -0.15) is 0 Å². The zero-order chi connectivity index (χ0) is 22.1. The Hall–Kier alpha value is -2.24. The summed E-state index contributed by atoms with van der Waals surface area (Å²) in [5, 5.41) is 3.93. The third kappa shape index (κ3) is 6.92. The molecule has 5 nitrogen and oxygen atoms in total. The summed E-state index contributed by atoms with van der Waals surface area (Å²) >= 11 is 12.3. The van der Waals surface area contributed by atoms with Gasteiger partial charge in [-0.25, -0.2) is 0 Å². The van der Waals surface area contributed by atoms with E-state index in [1.165, 1.54) is 4.90 Å². The predicted molar refractivity (Wildman–Crippen MR) is 121 cm³/mol. The molecule has 0 aliphatic heterocycles. The highest BCUT2D eigenvalue weighted by Gasteiger charge is 2.30. The van der Waals surface area contributed by atoms with Crippen LogP contribution in [0.5, 0.6) is 5.75 Å². The number of ether oxygens (including phenoxy) is 1. The SMILES string of the molecule is CC[C@@H](C)NC(=O)[C@H](CC)N(Cc1ccc(Cl)cc1Cl)C(=O)COc1ccccc1. The van der Waals surface area contributed by atoms with E-state index in [1.807, 2.05) is 39.0 Å². The van der Waals surface area contributed by atoms with Crippen molar-refractivity contribution < 1.29 is 14.3 Å². The van der Waals surface area contributed by atoms with Crippen LogP contribution < -0.4 is 10.1 Å². The predicted octanol–water partition coefficient (Wildman–Crippen LogP) is 5.09. The molecule has 0 unspecified atom stereocenters. The maximum absolute atomic E-state index is 13.1. The van der Waals surface area contributed by atoms with Crippen LogP contribution in [0.25, 0.3) is 0 Å². The van der Waals surface area contributed by atoms with Gasteiger partial charge in [0.1, 0.15) is 11.8 Å². The first kappa shape index (κ1) is 24.0. The Bertz CT molecular complexity index is 846. The third-order valence-corrected chi connectivity index (χ3v) is 5.44. The fourth-order valence-electron chi connectivity index (χ4n) is 2.94. The molecule has 0 saturated carbocycles. The molecule has 0 bridgehead atoms. The zero-order valence-corrected chi connectivity index (χ0v) is 19.0. The molecule has 2 aromatic carbocycles. The lowest BCUT2D eigenvalue weighted by atomic mass is 10.1. The van der Waals surface area contributed by atoms with Crippen molar-refractivity contribution in [3.05, 3.63) is 64.1 Å². The summed E-state index contributed by atoms with van der Waals surface area (Å²) in [5.74, 6) is 0.105. The van der Waals surface area contributed by atoms with Crippen LogP contribution in [0.3, 0.4) is 0 Å². The molecule has 162 valence electrons. The van der Waals surface area contributed by atoms with E-state index in [-0.39, 0.29) is 31.0 Å². The molecular weight excluding hydrogens is 423 g/mol. The molecule has 0 aromatic heterocycles. The van der Waals surface area contributed by atoms with Crippen molar-refractivity contribution in [3.63, 3.8) is 0 Å². The first-order chi connectivity index (χ1) is 14.3. The summed E-state index contributed by atoms with van der Waals surface area (Å²) in [6.45, 7) is 5.81. The molecule has 0 saturated heterocycles. The van der Waals surface area contributed by atoms with Gasteiger partial charge >= 0.3 is 0 Å². The van der Waals surface area contributed by atoms with Crippen LogP contribution >= 0.6 is 23.2 Å². The fourth-order valence-corrected chi connectivity index (χ4v) is 3.41. The molecule has 2 rings (SSSR count). The Kier molecular flexibility index (Phi) is 9.47. The van der Waals surface area contributed by atoms with Gasteiger partial charge in [-0.05, 0) is 49.6 Å². The van der Waals surface area contributed by atoms with Gasteiger partial charge in [-0.15, -0.1) is 0 Å². The van der Waals surface area contributed by atoms with Crippen LogP contribution in [-0.4, -0.2) is 35.4 Å². The summed E-state index contributed by atoms with van der Waals surface area (Å²) in [6, 6.07) is 13.6. The van der Waals surface area contributed by atoms with Crippen LogP contribution in [-0.2, 0) is 16.1 Å². The third-order valence-electron chi connectivity index (χ3n) is 4.85. The number of carbonyl (C=O) groups excluding carboxylic acids is 2. The van der Waals surface area contributed by atoms with Crippen molar-refractivity contribution in [2.75, 3.05) is 6.61 Å². The number of hydrogen-bond donors (Lipinski definition) is 1. The lowest BCUT2D eigenvalue weighted by molar-refractivity contribution is -0.143. The van der Waals surface area contributed by atoms with E-state index in [9.17, 15) is 9.59 Å². The molecule has 0 spiro atoms. The average molecular weight is 451 g/mol. The maximum Gasteiger partial charge on any atom is 0.261 e. The highest BCUT2D eigenvalue weighted by atomic mass is 35.5. The monoisotopic (exact) mass is 450 g/mol. The number of halogens is 2. The highest BCUT2D eigenvalue weighted by Crippen LogP contribution is 2.24. The van der Waals surface area contributed by atoms with Gasteiger partial charge < -0.3 is 15.0 Å². The van der Waals surface area contributed by atoms with Gasteiger partial charge in [-0.3, -0.25) is 9.59 Å². The van der Waals surface area contributed by atoms with Crippen molar-refractivity contribution in [2.45, 2.75) is 52.2 Å². The van der Waals surface area contributed by atoms with Crippen LogP contribution in [0.4, 0.5) is 0 Å². The van der Waals surface area contributed by atoms with E-state index in [0.29, 0.717) is 27.8 Å². The van der Waals surface area contributed by atoms with E-state index in [4.69, 9.17) is 27.9 Å². The molecule has 2 aromatic rings. The minimum atomic E-state index is -0.641. The number of para-hydroxylation sites is 1. The van der Waals surface area contributed by atoms with Crippen molar-refractivity contribution in [1.29, 1.82) is 0 Å². The Morgan fingerprint density at radius 2 is 1.77 bits per heavy atom. The van der Waals surface area contributed by atoms with Crippen molar-refractivity contribution in [3.8, 4) is 5.75 Å². The second-order valence-corrected chi connectivity index (χ2v) is 7.94. The van der Waals surface area contributed by atoms with Gasteiger partial charge in [0, 0.05) is 22.6 Å². The molecule has 0 radical (unpaired) electrons. The van der Waals surface area contributed by atoms with E-state index in [2.05, 4.69) is 5.32 Å². The molecule has 0 fully saturated rings. The van der Waals surface area contributed by atoms with Gasteiger partial charge in [0.15, 0.2) is 6.61 Å². The quantitative estimate of drug-likeness (QED) is 0.547. The van der Waals surface area contributed by atoms with Crippen LogP contribution in [0.15, 0.2) is 48.5 Å². The van der Waals surface area contributed by atoms with Gasteiger partial charge in [0.05, 0.1) is 0 Å². The van der Waals surface area contributed by atoms with E-state index < -0.39 is 6.04 Å². The van der Waals surface area contributed by atoms with E-state index in [0.717, 1.165) is 6.42 Å². The zero-order valence-electron chi connectivity index (χ0n) is 17.5. The molecule has 7 heteroatoms. The number of benzene rings is 2. The Balaban J connectivity index is 2.24. The Morgan fingerprint density at radius 3 is 2.37 bits per heavy atom. The highest BCUT2D eigenvalue weighted by molar-refractivity contribution is 6.35. The topological polar surface area (TPSA) is 58.6 Å². The molecule has 2 amide bonds. The van der Waals surface area contributed by atoms with Crippen molar-refractivity contribution >= 4 is 35.0 Å². The minimum Gasteiger partial charge on any atom is -0.484 e. The lowest BCUT2D eigenvalue weighted by Crippen LogP contribution is -2.51. The second-order valence-electron chi connectivity index (χ2n) is 7.10. The number of carbonyl (C=O) groups is 2. The largest absolute Gasteiger partial charge is 0.484 e. The average Bonchev–Trinajstić information content (AvgIpc) is 2.74. The summed E-state index contributed by atoms with van der Waals surface area (Å²) in [4.78, 5) is 27.5. The number of amides is 2. The smallest absolute Gasteiger partial charge is 0.261 e. The molecule has 1 N–H and O–H groups in total. The van der Waals surface area contributed by atoms with Gasteiger partial charge in [0.2, 0.25) is 5.91 Å². The van der Waals surface area contributed by atoms with E-state index >= 15 is 0 Å². The lowest BCUT2D eigenvalue weighted by Gasteiger charge is -2.31. The van der Waals surface area contributed by atoms with Crippen LogP contribution in [0.1, 0.15) is 39.2 Å². The first-order valence-electron chi connectivity index (χ1n) is 10.1. The summed E-state index contributed by atoms with van der Waals surface area (Å²) in [7, 11) is 0. The fraction of sp³-hybridized carbons (Fsp3) is 0.391. The van der Waals surface area contributed by atoms with Crippen molar-refractivity contribution in [2.24, 2.45) is 0 Å². The first-order valence-corrected chi connectivity index (χ1v) is 10.8. The minimum absolute atomic E-state index is 0.0168. The number of rotatable bonds is 10. The van der Waals surface area contributed by atoms with Crippen LogP contribution in [0, 0.1) is 0 Å². The standard InChI is InChI=1S/C23H28Cl2N2O3/c1-4-16(3)26-23(29)21(5-2)27(14-17-11-12-18(24)13-20(17)25)22(28)15-30-19-9-7-6-8-10-19/h6-13,16,21H,4-5,14-15H2,1-3H3,(H,26,29)/t16-,21+/m1/s1. The Labute approximate surface area is 188 Å². The van der Waals surface area contributed by atoms with E-state index in [1.54, 1.807) is 30.3 Å². The summed E-state index contributed by atoms with van der Waals surface area (Å²) < 4.78 is 5.64. The molecule has 0 aliphatic carbocycles. The maximum atomic E-state index is 13.1. The van der Waals surface area contributed by atoms with Crippen molar-refractivity contribution in [1.82, 2.24) is 10.2 Å². The normalized spacial score (nSPS) is 12.7. The number of nitrogens with one attached hydrogen (secondary N) is 1. The molecule has 0 aliphatic rings. The number of hydrogen-bond acceptors (Lipinski definition) is 3. The molecular formula is C23H28Cl2N2O3. The second kappa shape index (κ2) is 11.8. The van der Waals surface area contributed by atoms with Crippen LogP contribution in [0.2, 0.25) is 10.0 Å². The molecule has 2 atom stereocenters. The van der Waals surface area contributed by atoms with Gasteiger partial charge in [-0.1, -0.05) is 61.3 Å².